The zero-order valence-electron chi connectivity index (χ0n) is 15.6. The fourth-order valence-corrected chi connectivity index (χ4v) is 3.19. The molecule has 3 rings (SSSR count). The van der Waals surface area contributed by atoms with Crippen LogP contribution in [0.4, 0.5) is 0 Å². The molecule has 1 unspecified atom stereocenters. The highest BCUT2D eigenvalue weighted by Gasteiger charge is 2.35. The third-order valence-corrected chi connectivity index (χ3v) is 4.51. The number of nitrogens with one attached hydrogen (secondary N) is 1. The van der Waals surface area contributed by atoms with Gasteiger partial charge in [0.2, 0.25) is 5.91 Å². The van der Waals surface area contributed by atoms with E-state index in [-0.39, 0.29) is 23.8 Å². The molecule has 0 aliphatic carbocycles. The van der Waals surface area contributed by atoms with Gasteiger partial charge in [-0.2, -0.15) is 10.2 Å². The number of hydrogen-bond donors (Lipinski definition) is 1. The minimum absolute atomic E-state index is 0.0459. The number of rotatable bonds is 3. The largest absolute Gasteiger partial charge is 0.335 e. The first-order valence-corrected chi connectivity index (χ1v) is 8.85. The van der Waals surface area contributed by atoms with Gasteiger partial charge in [-0.15, -0.1) is 0 Å². The molecule has 1 N–H and O–H groups in total. The third-order valence-electron chi connectivity index (χ3n) is 4.51. The van der Waals surface area contributed by atoms with Gasteiger partial charge < -0.3 is 9.80 Å². The summed E-state index contributed by atoms with van der Waals surface area (Å²) in [6.07, 6.45) is 2.45. The van der Waals surface area contributed by atoms with Crippen molar-refractivity contribution < 1.29 is 9.59 Å². The topological polar surface area (TPSA) is 100 Å². The molecule has 9 nitrogen and oxygen atoms in total. The van der Waals surface area contributed by atoms with Crippen LogP contribution >= 0.6 is 0 Å². The van der Waals surface area contributed by atoms with Crippen LogP contribution in [0.1, 0.15) is 48.4 Å². The normalized spacial score (nSPS) is 18.3. The zero-order valence-corrected chi connectivity index (χ0v) is 15.6. The highest BCUT2D eigenvalue weighted by molar-refractivity contribution is 5.92. The fraction of sp³-hybridized carbons (Fsp3) is 0.588. The maximum absolute atomic E-state index is 12.9. The Labute approximate surface area is 152 Å². The quantitative estimate of drug-likeness (QED) is 0.878. The summed E-state index contributed by atoms with van der Waals surface area (Å²) < 4.78 is 1.61. The van der Waals surface area contributed by atoms with E-state index in [2.05, 4.69) is 20.3 Å². The lowest BCUT2D eigenvalue weighted by molar-refractivity contribution is -0.137. The van der Waals surface area contributed by atoms with E-state index in [1.807, 2.05) is 20.8 Å². The van der Waals surface area contributed by atoms with E-state index in [9.17, 15) is 9.59 Å². The van der Waals surface area contributed by atoms with Gasteiger partial charge in [0.15, 0.2) is 5.82 Å². The van der Waals surface area contributed by atoms with Crippen LogP contribution in [-0.2, 0) is 11.8 Å². The number of amides is 2. The van der Waals surface area contributed by atoms with Crippen LogP contribution in [0.15, 0.2) is 12.3 Å². The molecule has 0 aromatic carbocycles. The lowest BCUT2D eigenvalue weighted by Gasteiger charge is -2.31. The molecule has 2 aromatic heterocycles. The average Bonchev–Trinajstić information content (AvgIpc) is 3.16. The molecule has 2 amide bonds. The minimum atomic E-state index is -0.370. The summed E-state index contributed by atoms with van der Waals surface area (Å²) in [4.78, 5) is 33.6. The Bertz CT molecular complexity index is 795. The van der Waals surface area contributed by atoms with Crippen molar-refractivity contribution in [1.82, 2.24) is 34.8 Å². The average molecular weight is 359 g/mol. The summed E-state index contributed by atoms with van der Waals surface area (Å²) in [5.74, 6) is 1.00. The Balaban J connectivity index is 1.90. The molecule has 0 saturated carbocycles. The Morgan fingerprint density at radius 1 is 1.31 bits per heavy atom. The Kier molecular flexibility index (Phi) is 5.06. The molecule has 1 fully saturated rings. The first kappa shape index (κ1) is 18.1. The fourth-order valence-electron chi connectivity index (χ4n) is 3.19. The van der Waals surface area contributed by atoms with Crippen molar-refractivity contribution in [1.29, 1.82) is 0 Å². The Morgan fingerprint density at radius 2 is 2.08 bits per heavy atom. The predicted octanol–water partition coefficient (Wildman–Crippen LogP) is 0.918. The number of hydrogen-bond acceptors (Lipinski definition) is 5. The number of aryl methyl sites for hydroxylation is 2. The number of aromatic amines is 1. The summed E-state index contributed by atoms with van der Waals surface area (Å²) in [5, 5.41) is 11.3. The van der Waals surface area contributed by atoms with E-state index in [0.717, 1.165) is 0 Å². The molecule has 0 spiro atoms. The number of carbonyl (C=O) groups is 2. The highest BCUT2D eigenvalue weighted by atomic mass is 16.2. The Hall–Kier alpha value is -2.71. The summed E-state index contributed by atoms with van der Waals surface area (Å²) in [5.41, 5.74) is 0.404. The van der Waals surface area contributed by atoms with Crippen LogP contribution in [0.25, 0.3) is 0 Å². The van der Waals surface area contributed by atoms with Crippen molar-refractivity contribution in [3.8, 4) is 0 Å². The monoisotopic (exact) mass is 359 g/mol. The Morgan fingerprint density at radius 3 is 2.65 bits per heavy atom. The van der Waals surface area contributed by atoms with Crippen LogP contribution in [-0.4, -0.2) is 66.2 Å². The van der Waals surface area contributed by atoms with Gasteiger partial charge in [-0.25, -0.2) is 4.98 Å². The molecule has 26 heavy (non-hydrogen) atoms. The lowest BCUT2D eigenvalue weighted by Crippen LogP contribution is -2.42. The third kappa shape index (κ3) is 3.61. The van der Waals surface area contributed by atoms with Crippen molar-refractivity contribution in [3.63, 3.8) is 0 Å². The standard InChI is InChI=1S/C17H25N7O2/c1-11(2)16(25)24-8-5-7-23(17(26)13-6-9-22(4)21-13)10-14(24)15-18-12(3)19-20-15/h6,9,11,14H,5,7-8,10H2,1-4H3,(H,18,19,20). The van der Waals surface area contributed by atoms with Crippen LogP contribution in [0.5, 0.6) is 0 Å². The SMILES string of the molecule is Cc1nc(C2CN(C(=O)c3ccn(C)n3)CCCN2C(=O)C(C)C)n[nH]1. The number of aromatic nitrogens is 5. The molecule has 1 aliphatic heterocycles. The first-order chi connectivity index (χ1) is 12.4. The van der Waals surface area contributed by atoms with Gasteiger partial charge in [-0.1, -0.05) is 13.8 Å². The molecule has 140 valence electrons. The second kappa shape index (κ2) is 7.27. The molecule has 9 heteroatoms. The van der Waals surface area contributed by atoms with Crippen LogP contribution in [0.3, 0.4) is 0 Å². The van der Waals surface area contributed by atoms with E-state index >= 15 is 0 Å². The molecule has 1 atom stereocenters. The summed E-state index contributed by atoms with van der Waals surface area (Å²) >= 11 is 0. The van der Waals surface area contributed by atoms with Crippen molar-refractivity contribution in [2.24, 2.45) is 13.0 Å². The maximum atomic E-state index is 12.9. The molecule has 0 bridgehead atoms. The second-order valence-electron chi connectivity index (χ2n) is 6.96. The van der Waals surface area contributed by atoms with E-state index in [1.165, 1.54) is 0 Å². The van der Waals surface area contributed by atoms with Crippen molar-refractivity contribution in [2.75, 3.05) is 19.6 Å². The van der Waals surface area contributed by atoms with Crippen LogP contribution in [0.2, 0.25) is 0 Å². The van der Waals surface area contributed by atoms with E-state index in [1.54, 1.807) is 33.8 Å². The van der Waals surface area contributed by atoms with Gasteiger partial charge in [0.25, 0.3) is 5.91 Å². The second-order valence-corrected chi connectivity index (χ2v) is 6.96. The highest BCUT2D eigenvalue weighted by Crippen LogP contribution is 2.25. The van der Waals surface area contributed by atoms with Gasteiger partial charge in [0.1, 0.15) is 17.6 Å². The minimum Gasteiger partial charge on any atom is -0.335 e. The van der Waals surface area contributed by atoms with Gasteiger partial charge in [0.05, 0.1) is 0 Å². The first-order valence-electron chi connectivity index (χ1n) is 8.85. The molecule has 1 aliphatic rings. The number of nitrogens with zero attached hydrogens (tertiary/aromatic N) is 6. The molecule has 2 aromatic rings. The van der Waals surface area contributed by atoms with Gasteiger partial charge >= 0.3 is 0 Å². The van der Waals surface area contributed by atoms with Crippen molar-refractivity contribution >= 4 is 11.8 Å². The summed E-state index contributed by atoms with van der Waals surface area (Å²) in [7, 11) is 1.78. The molecular formula is C17H25N7O2. The summed E-state index contributed by atoms with van der Waals surface area (Å²) in [6.45, 7) is 7.07. The van der Waals surface area contributed by atoms with Crippen LogP contribution < -0.4 is 0 Å². The van der Waals surface area contributed by atoms with Gasteiger partial charge in [-0.3, -0.25) is 19.4 Å². The van der Waals surface area contributed by atoms with Crippen molar-refractivity contribution in [2.45, 2.75) is 33.2 Å². The van der Waals surface area contributed by atoms with Gasteiger partial charge in [0, 0.05) is 38.8 Å². The number of carbonyl (C=O) groups excluding carboxylic acids is 2. The molecule has 1 saturated heterocycles. The van der Waals surface area contributed by atoms with Gasteiger partial charge in [-0.05, 0) is 19.4 Å². The van der Waals surface area contributed by atoms with E-state index in [0.29, 0.717) is 43.4 Å². The summed E-state index contributed by atoms with van der Waals surface area (Å²) in [6, 6.07) is 1.33. The number of H-pyrrole nitrogens is 1. The molecule has 0 radical (unpaired) electrons. The van der Waals surface area contributed by atoms with Crippen molar-refractivity contribution in [3.05, 3.63) is 29.6 Å². The van der Waals surface area contributed by atoms with E-state index in [4.69, 9.17) is 0 Å². The smallest absolute Gasteiger partial charge is 0.274 e. The predicted molar refractivity (Wildman–Crippen MR) is 94.1 cm³/mol. The lowest BCUT2D eigenvalue weighted by atomic mass is 10.1. The van der Waals surface area contributed by atoms with Crippen LogP contribution in [0, 0.1) is 12.8 Å². The maximum Gasteiger partial charge on any atom is 0.274 e. The molecule has 3 heterocycles. The zero-order chi connectivity index (χ0) is 18.8. The molecular weight excluding hydrogens is 334 g/mol. The van der Waals surface area contributed by atoms with E-state index < -0.39 is 0 Å².